The largest absolute Gasteiger partial charge is 0.459 e. The van der Waals surface area contributed by atoms with Crippen molar-refractivity contribution in [2.24, 2.45) is 5.92 Å². The maximum absolute atomic E-state index is 12.4. The third-order valence-electron chi connectivity index (χ3n) is 5.12. The molecule has 0 aliphatic carbocycles. The number of nitrogens with zero attached hydrogens (tertiary/aromatic N) is 5. The van der Waals surface area contributed by atoms with Crippen LogP contribution in [-0.2, 0) is 6.54 Å². The van der Waals surface area contributed by atoms with Crippen molar-refractivity contribution in [3.05, 3.63) is 30.0 Å². The average molecular weight is 361 g/mol. The molecule has 0 radical (unpaired) electrons. The van der Waals surface area contributed by atoms with Crippen LogP contribution in [0.15, 0.2) is 22.8 Å². The molecule has 3 heterocycles. The molecular weight excluding hydrogens is 332 g/mol. The summed E-state index contributed by atoms with van der Waals surface area (Å²) in [7, 11) is 0. The molecule has 0 spiro atoms. The Labute approximate surface area is 154 Å². The minimum absolute atomic E-state index is 0.0242. The van der Waals surface area contributed by atoms with Gasteiger partial charge in [0.25, 0.3) is 5.91 Å². The van der Waals surface area contributed by atoms with Gasteiger partial charge in [-0.2, -0.15) is 0 Å². The van der Waals surface area contributed by atoms with E-state index in [2.05, 4.69) is 36.3 Å². The van der Waals surface area contributed by atoms with Gasteiger partial charge in [-0.15, -0.1) is 5.10 Å². The smallest absolute Gasteiger partial charge is 0.289 e. The second kappa shape index (κ2) is 8.44. The average Bonchev–Trinajstić information content (AvgIpc) is 3.33. The van der Waals surface area contributed by atoms with Crippen molar-refractivity contribution in [2.45, 2.75) is 46.2 Å². The van der Waals surface area contributed by atoms with Gasteiger partial charge in [-0.3, -0.25) is 4.79 Å². The highest BCUT2D eigenvalue weighted by atomic mass is 16.3. The number of aromatic nitrogens is 4. The van der Waals surface area contributed by atoms with Crippen LogP contribution in [0.25, 0.3) is 0 Å². The van der Waals surface area contributed by atoms with Crippen LogP contribution in [0.3, 0.4) is 0 Å². The molecule has 1 atom stereocenters. The standard InChI is InChI=1S/C18H28N6O2/c1-4-15(17-19-20-21-24(17)8-7-14(2)3)22-9-11-23(12-10-22)18(25)16-6-5-13-26-16/h5-6,13-15H,4,7-12H2,1-3H3/p+1/t15-/m0/s1. The SMILES string of the molecule is CC[C@@H](c1nnnn1CCC(C)C)[NH+]1CCN(C(=O)c2ccco2)CC1. The fourth-order valence-electron chi connectivity index (χ4n) is 3.56. The number of hydrogen-bond donors (Lipinski definition) is 1. The lowest BCUT2D eigenvalue weighted by Gasteiger charge is -2.35. The first kappa shape index (κ1) is 18.6. The van der Waals surface area contributed by atoms with Gasteiger partial charge in [0.05, 0.1) is 32.4 Å². The molecular formula is C18H29N6O2+. The summed E-state index contributed by atoms with van der Waals surface area (Å²) in [6, 6.07) is 3.73. The highest BCUT2D eigenvalue weighted by Crippen LogP contribution is 2.13. The molecule has 0 unspecified atom stereocenters. The number of carbonyl (C=O) groups excluding carboxylic acids is 1. The van der Waals surface area contributed by atoms with E-state index in [-0.39, 0.29) is 11.9 Å². The van der Waals surface area contributed by atoms with E-state index in [0.717, 1.165) is 51.4 Å². The van der Waals surface area contributed by atoms with Gasteiger partial charge in [0.2, 0.25) is 5.82 Å². The van der Waals surface area contributed by atoms with Crippen LogP contribution in [0.2, 0.25) is 0 Å². The molecule has 142 valence electrons. The Morgan fingerprint density at radius 1 is 1.35 bits per heavy atom. The first-order chi connectivity index (χ1) is 12.6. The first-order valence-corrected chi connectivity index (χ1v) is 9.53. The van der Waals surface area contributed by atoms with Gasteiger partial charge < -0.3 is 14.2 Å². The summed E-state index contributed by atoms with van der Waals surface area (Å²) in [4.78, 5) is 15.7. The van der Waals surface area contributed by atoms with E-state index in [4.69, 9.17) is 4.42 Å². The first-order valence-electron chi connectivity index (χ1n) is 9.53. The van der Waals surface area contributed by atoms with Crippen LogP contribution >= 0.6 is 0 Å². The lowest BCUT2D eigenvalue weighted by atomic mass is 10.1. The number of nitrogens with one attached hydrogen (secondary N) is 1. The summed E-state index contributed by atoms with van der Waals surface area (Å²) >= 11 is 0. The Balaban J connectivity index is 1.62. The van der Waals surface area contributed by atoms with Gasteiger partial charge in [0, 0.05) is 13.0 Å². The Bertz CT molecular complexity index is 688. The normalized spacial score (nSPS) is 17.0. The predicted octanol–water partition coefficient (Wildman–Crippen LogP) is 0.804. The number of aryl methyl sites for hydroxylation is 1. The molecule has 1 aliphatic heterocycles. The topological polar surface area (TPSA) is 81.5 Å². The maximum atomic E-state index is 12.4. The van der Waals surface area contributed by atoms with Crippen molar-refractivity contribution in [2.75, 3.05) is 26.2 Å². The zero-order valence-corrected chi connectivity index (χ0v) is 15.9. The molecule has 1 N–H and O–H groups in total. The third-order valence-corrected chi connectivity index (χ3v) is 5.12. The van der Waals surface area contributed by atoms with Gasteiger partial charge in [-0.1, -0.05) is 20.8 Å². The van der Waals surface area contributed by atoms with E-state index in [1.807, 2.05) is 9.58 Å². The number of furan rings is 1. The van der Waals surface area contributed by atoms with Crippen LogP contribution in [0.5, 0.6) is 0 Å². The van der Waals surface area contributed by atoms with Crippen molar-refractivity contribution in [1.82, 2.24) is 25.1 Å². The molecule has 3 rings (SSSR count). The maximum Gasteiger partial charge on any atom is 0.289 e. The van der Waals surface area contributed by atoms with E-state index in [9.17, 15) is 4.79 Å². The summed E-state index contributed by atoms with van der Waals surface area (Å²) in [5.41, 5.74) is 0. The number of tetrazole rings is 1. The molecule has 1 amide bonds. The molecule has 2 aromatic rings. The number of rotatable bonds is 7. The summed E-state index contributed by atoms with van der Waals surface area (Å²) < 4.78 is 7.20. The number of hydrogen-bond acceptors (Lipinski definition) is 5. The second-order valence-corrected chi connectivity index (χ2v) is 7.33. The van der Waals surface area contributed by atoms with E-state index >= 15 is 0 Å². The van der Waals surface area contributed by atoms with Crippen molar-refractivity contribution >= 4 is 5.91 Å². The fraction of sp³-hybridized carbons (Fsp3) is 0.667. The van der Waals surface area contributed by atoms with Gasteiger partial charge in [0.1, 0.15) is 6.04 Å². The van der Waals surface area contributed by atoms with Gasteiger partial charge in [-0.05, 0) is 34.9 Å². The molecule has 0 bridgehead atoms. The Morgan fingerprint density at radius 3 is 2.73 bits per heavy atom. The van der Waals surface area contributed by atoms with Crippen molar-refractivity contribution in [1.29, 1.82) is 0 Å². The number of carbonyl (C=O) groups is 1. The molecule has 8 heteroatoms. The molecule has 0 aromatic carbocycles. The van der Waals surface area contributed by atoms with Crippen LogP contribution in [0.1, 0.15) is 56.0 Å². The number of piperazine rings is 1. The lowest BCUT2D eigenvalue weighted by Crippen LogP contribution is -3.15. The Hall–Kier alpha value is -2.22. The predicted molar refractivity (Wildman–Crippen MR) is 95.6 cm³/mol. The molecule has 8 nitrogen and oxygen atoms in total. The summed E-state index contributed by atoms with van der Waals surface area (Å²) in [5, 5.41) is 12.4. The van der Waals surface area contributed by atoms with E-state index in [1.165, 1.54) is 4.90 Å². The molecule has 26 heavy (non-hydrogen) atoms. The summed E-state index contributed by atoms with van der Waals surface area (Å²) in [6.07, 6.45) is 3.58. The lowest BCUT2D eigenvalue weighted by molar-refractivity contribution is -0.936. The molecule has 1 aliphatic rings. The number of amides is 1. The Kier molecular flexibility index (Phi) is 6.03. The van der Waals surface area contributed by atoms with Gasteiger partial charge in [0.15, 0.2) is 5.76 Å². The monoisotopic (exact) mass is 361 g/mol. The van der Waals surface area contributed by atoms with E-state index < -0.39 is 0 Å². The highest BCUT2D eigenvalue weighted by Gasteiger charge is 2.33. The van der Waals surface area contributed by atoms with Crippen molar-refractivity contribution < 1.29 is 14.1 Å². The number of quaternary nitrogens is 1. The van der Waals surface area contributed by atoms with Crippen LogP contribution in [0, 0.1) is 5.92 Å². The summed E-state index contributed by atoms with van der Waals surface area (Å²) in [6.45, 7) is 10.7. The Morgan fingerprint density at radius 2 is 2.12 bits per heavy atom. The van der Waals surface area contributed by atoms with Crippen LogP contribution in [0.4, 0.5) is 0 Å². The van der Waals surface area contributed by atoms with Crippen molar-refractivity contribution in [3.8, 4) is 0 Å². The highest BCUT2D eigenvalue weighted by molar-refractivity contribution is 5.91. The molecule has 1 fully saturated rings. The zero-order chi connectivity index (χ0) is 18.5. The molecule has 0 saturated carbocycles. The molecule has 2 aromatic heterocycles. The zero-order valence-electron chi connectivity index (χ0n) is 15.9. The van der Waals surface area contributed by atoms with Gasteiger partial charge in [-0.25, -0.2) is 4.68 Å². The third kappa shape index (κ3) is 4.12. The van der Waals surface area contributed by atoms with E-state index in [0.29, 0.717) is 11.7 Å². The van der Waals surface area contributed by atoms with Crippen molar-refractivity contribution in [3.63, 3.8) is 0 Å². The van der Waals surface area contributed by atoms with Gasteiger partial charge >= 0.3 is 0 Å². The second-order valence-electron chi connectivity index (χ2n) is 7.33. The van der Waals surface area contributed by atoms with Crippen LogP contribution < -0.4 is 4.90 Å². The minimum atomic E-state index is -0.0242. The quantitative estimate of drug-likeness (QED) is 0.789. The molecule has 1 saturated heterocycles. The van der Waals surface area contributed by atoms with E-state index in [1.54, 1.807) is 18.4 Å². The minimum Gasteiger partial charge on any atom is -0.459 e. The summed E-state index contributed by atoms with van der Waals surface area (Å²) in [5.74, 6) is 1.98. The van der Waals surface area contributed by atoms with Crippen LogP contribution in [-0.4, -0.2) is 57.2 Å². The fourth-order valence-corrected chi connectivity index (χ4v) is 3.56.